The molecule has 2 amide bonds. The van der Waals surface area contributed by atoms with Crippen LogP contribution in [0.5, 0.6) is 11.5 Å². The van der Waals surface area contributed by atoms with Crippen LogP contribution in [0.25, 0.3) is 0 Å². The number of para-hydroxylation sites is 1. The topological polar surface area (TPSA) is 89.0 Å². The highest BCUT2D eigenvalue weighted by Crippen LogP contribution is 2.31. The highest BCUT2D eigenvalue weighted by molar-refractivity contribution is 6.39. The van der Waals surface area contributed by atoms with E-state index < -0.39 is 17.6 Å². The molecule has 0 spiro atoms. The predicted octanol–water partition coefficient (Wildman–Crippen LogP) is 1.64. The number of hydrogen-bond donors (Lipinski definition) is 2. The second-order valence-electron chi connectivity index (χ2n) is 4.75. The van der Waals surface area contributed by atoms with Crippen molar-refractivity contribution in [3.8, 4) is 11.5 Å². The molecule has 1 aliphatic rings. The number of halogens is 1. The maximum Gasteiger partial charge on any atom is 0.329 e. The quantitative estimate of drug-likeness (QED) is 0.509. The molecule has 24 heavy (non-hydrogen) atoms. The second-order valence-corrected chi connectivity index (χ2v) is 4.75. The molecule has 1 heterocycles. The Morgan fingerprint density at radius 2 is 1.88 bits per heavy atom. The van der Waals surface area contributed by atoms with Crippen molar-refractivity contribution in [3.63, 3.8) is 0 Å². The van der Waals surface area contributed by atoms with Crippen molar-refractivity contribution in [1.82, 2.24) is 5.43 Å². The molecule has 0 atom stereocenters. The van der Waals surface area contributed by atoms with Crippen molar-refractivity contribution in [1.29, 1.82) is 0 Å². The van der Waals surface area contributed by atoms with Crippen LogP contribution in [0, 0.1) is 5.82 Å². The number of hydrazone groups is 1. The van der Waals surface area contributed by atoms with E-state index in [9.17, 15) is 14.0 Å². The molecule has 2 N–H and O–H groups in total. The van der Waals surface area contributed by atoms with E-state index in [1.165, 1.54) is 30.5 Å². The summed E-state index contributed by atoms with van der Waals surface area (Å²) in [6.07, 6.45) is 1.34. The Bertz CT molecular complexity index is 823. The lowest BCUT2D eigenvalue weighted by molar-refractivity contribution is -0.136. The first kappa shape index (κ1) is 15.5. The lowest BCUT2D eigenvalue weighted by Crippen LogP contribution is -2.32. The average Bonchev–Trinajstić information content (AvgIpc) is 3.04. The van der Waals surface area contributed by atoms with Crippen LogP contribution in [0.15, 0.2) is 47.6 Å². The van der Waals surface area contributed by atoms with Crippen LogP contribution >= 0.6 is 0 Å². The first-order valence-electron chi connectivity index (χ1n) is 6.92. The molecule has 122 valence electrons. The summed E-state index contributed by atoms with van der Waals surface area (Å²) in [5.74, 6) is -1.48. The monoisotopic (exact) mass is 329 g/mol. The van der Waals surface area contributed by atoms with Crippen molar-refractivity contribution in [3.05, 3.63) is 53.8 Å². The molecule has 7 nitrogen and oxygen atoms in total. The lowest BCUT2D eigenvalue weighted by atomic mass is 10.2. The Morgan fingerprint density at radius 3 is 2.71 bits per heavy atom. The van der Waals surface area contributed by atoms with Gasteiger partial charge in [0.2, 0.25) is 6.79 Å². The SMILES string of the molecule is O=C(NN=Cc1ccc2c(c1)OCO2)C(=O)Nc1ccccc1F. The summed E-state index contributed by atoms with van der Waals surface area (Å²) in [6.45, 7) is 0.156. The summed E-state index contributed by atoms with van der Waals surface area (Å²) in [5.41, 5.74) is 2.62. The minimum Gasteiger partial charge on any atom is -0.454 e. The highest BCUT2D eigenvalue weighted by atomic mass is 19.1. The van der Waals surface area contributed by atoms with Crippen LogP contribution in [0.3, 0.4) is 0 Å². The number of anilines is 1. The molecule has 0 unspecified atom stereocenters. The molecule has 0 fully saturated rings. The van der Waals surface area contributed by atoms with E-state index >= 15 is 0 Å². The van der Waals surface area contributed by atoms with Gasteiger partial charge in [-0.25, -0.2) is 9.82 Å². The minimum absolute atomic E-state index is 0.0857. The van der Waals surface area contributed by atoms with Crippen molar-refractivity contribution in [2.24, 2.45) is 5.10 Å². The van der Waals surface area contributed by atoms with Crippen LogP contribution in [0.2, 0.25) is 0 Å². The van der Waals surface area contributed by atoms with Crippen LogP contribution in [-0.4, -0.2) is 24.8 Å². The molecular weight excluding hydrogens is 317 g/mol. The number of hydrogen-bond acceptors (Lipinski definition) is 5. The average molecular weight is 329 g/mol. The van der Waals surface area contributed by atoms with E-state index in [4.69, 9.17) is 9.47 Å². The summed E-state index contributed by atoms with van der Waals surface area (Å²) in [4.78, 5) is 23.3. The summed E-state index contributed by atoms with van der Waals surface area (Å²) in [7, 11) is 0. The van der Waals surface area contributed by atoms with E-state index in [0.717, 1.165) is 0 Å². The lowest BCUT2D eigenvalue weighted by Gasteiger charge is -2.04. The van der Waals surface area contributed by atoms with Crippen LogP contribution in [-0.2, 0) is 9.59 Å². The standard InChI is InChI=1S/C16H12FN3O4/c17-11-3-1-2-4-12(11)19-15(21)16(22)20-18-8-10-5-6-13-14(7-10)24-9-23-13/h1-8H,9H2,(H,19,21)(H,20,22). The van der Waals surface area contributed by atoms with E-state index in [1.54, 1.807) is 18.2 Å². The van der Waals surface area contributed by atoms with Gasteiger partial charge in [-0.3, -0.25) is 9.59 Å². The zero-order valence-electron chi connectivity index (χ0n) is 12.3. The fourth-order valence-corrected chi connectivity index (χ4v) is 1.95. The van der Waals surface area contributed by atoms with E-state index in [1.807, 2.05) is 0 Å². The number of nitrogens with one attached hydrogen (secondary N) is 2. The largest absolute Gasteiger partial charge is 0.454 e. The van der Waals surface area contributed by atoms with Gasteiger partial charge in [0, 0.05) is 0 Å². The molecule has 0 saturated heterocycles. The molecule has 0 saturated carbocycles. The van der Waals surface area contributed by atoms with Gasteiger partial charge in [-0.15, -0.1) is 0 Å². The Kier molecular flexibility index (Phi) is 4.37. The number of benzene rings is 2. The van der Waals surface area contributed by atoms with Gasteiger partial charge in [-0.1, -0.05) is 12.1 Å². The predicted molar refractivity (Wildman–Crippen MR) is 83.3 cm³/mol. The first-order chi connectivity index (χ1) is 11.6. The van der Waals surface area contributed by atoms with Crippen LogP contribution in [0.4, 0.5) is 10.1 Å². The second kappa shape index (κ2) is 6.78. The molecule has 0 bridgehead atoms. The third-order valence-electron chi connectivity index (χ3n) is 3.10. The van der Waals surface area contributed by atoms with Crippen molar-refractivity contribution in [2.45, 2.75) is 0 Å². The first-order valence-corrected chi connectivity index (χ1v) is 6.92. The minimum atomic E-state index is -1.03. The van der Waals surface area contributed by atoms with Gasteiger partial charge in [-0.2, -0.15) is 5.10 Å². The number of amides is 2. The van der Waals surface area contributed by atoms with Crippen LogP contribution in [0.1, 0.15) is 5.56 Å². The summed E-state index contributed by atoms with van der Waals surface area (Å²) in [5, 5.41) is 5.83. The number of carbonyl (C=O) groups excluding carboxylic acids is 2. The fraction of sp³-hybridized carbons (Fsp3) is 0.0625. The Labute approximate surface area is 136 Å². The van der Waals surface area contributed by atoms with Gasteiger partial charge in [-0.05, 0) is 35.9 Å². The smallest absolute Gasteiger partial charge is 0.329 e. The van der Waals surface area contributed by atoms with Gasteiger partial charge < -0.3 is 14.8 Å². The fourth-order valence-electron chi connectivity index (χ4n) is 1.95. The maximum absolute atomic E-state index is 13.4. The molecule has 0 aromatic heterocycles. The number of ether oxygens (including phenoxy) is 2. The Morgan fingerprint density at radius 1 is 1.08 bits per heavy atom. The van der Waals surface area contributed by atoms with Crippen molar-refractivity contribution < 1.29 is 23.5 Å². The van der Waals surface area contributed by atoms with E-state index in [0.29, 0.717) is 17.1 Å². The molecule has 2 aromatic rings. The highest BCUT2D eigenvalue weighted by Gasteiger charge is 2.15. The Balaban J connectivity index is 1.57. The van der Waals surface area contributed by atoms with Crippen LogP contribution < -0.4 is 20.2 Å². The zero-order valence-corrected chi connectivity index (χ0v) is 12.3. The summed E-state index contributed by atoms with van der Waals surface area (Å²) < 4.78 is 23.8. The van der Waals surface area contributed by atoms with Gasteiger partial charge in [0.05, 0.1) is 11.9 Å². The molecule has 8 heteroatoms. The van der Waals surface area contributed by atoms with Gasteiger partial charge in [0.1, 0.15) is 5.82 Å². The van der Waals surface area contributed by atoms with Gasteiger partial charge in [0.15, 0.2) is 11.5 Å². The van der Waals surface area contributed by atoms with E-state index in [2.05, 4.69) is 15.8 Å². The van der Waals surface area contributed by atoms with E-state index in [-0.39, 0.29) is 12.5 Å². The molecule has 2 aromatic carbocycles. The third kappa shape index (κ3) is 3.49. The third-order valence-corrected chi connectivity index (χ3v) is 3.10. The summed E-state index contributed by atoms with van der Waals surface area (Å²) in [6, 6.07) is 10.6. The van der Waals surface area contributed by atoms with Crippen molar-refractivity contribution >= 4 is 23.7 Å². The molecule has 0 aliphatic carbocycles. The Hall–Kier alpha value is -3.42. The normalized spacial score (nSPS) is 12.2. The molecule has 1 aliphatic heterocycles. The van der Waals surface area contributed by atoms with Gasteiger partial charge in [0.25, 0.3) is 0 Å². The molecule has 0 radical (unpaired) electrons. The van der Waals surface area contributed by atoms with Crippen molar-refractivity contribution in [2.75, 3.05) is 12.1 Å². The number of carbonyl (C=O) groups is 2. The van der Waals surface area contributed by atoms with Gasteiger partial charge >= 0.3 is 11.8 Å². The molecular formula is C16H12FN3O4. The molecule has 3 rings (SSSR count). The number of nitrogens with zero attached hydrogens (tertiary/aromatic N) is 1. The number of rotatable bonds is 3. The zero-order chi connectivity index (χ0) is 16.9. The summed E-state index contributed by atoms with van der Waals surface area (Å²) >= 11 is 0. The number of fused-ring (bicyclic) bond motifs is 1. The maximum atomic E-state index is 13.4.